The lowest BCUT2D eigenvalue weighted by molar-refractivity contribution is -0.118. The molecule has 4 rings (SSSR count). The van der Waals surface area contributed by atoms with Gasteiger partial charge in [-0.15, -0.1) is 0 Å². The SMILES string of the molecule is CCOc1cccc(N2C(=O)C(O)=C(C(=O)CCc3ccccc3)C2c2ccccn2)c1. The fourth-order valence-electron chi connectivity index (χ4n) is 3.90. The minimum atomic E-state index is -0.816. The fourth-order valence-corrected chi connectivity index (χ4v) is 3.90. The number of hydrogen-bond acceptors (Lipinski definition) is 5. The maximum absolute atomic E-state index is 13.3. The zero-order valence-electron chi connectivity index (χ0n) is 17.8. The number of rotatable bonds is 8. The Bertz CT molecular complexity index is 1140. The molecule has 1 aliphatic heterocycles. The van der Waals surface area contributed by atoms with Gasteiger partial charge in [-0.25, -0.2) is 0 Å². The van der Waals surface area contributed by atoms with E-state index in [-0.39, 0.29) is 17.8 Å². The first kappa shape index (κ1) is 21.3. The number of aromatic nitrogens is 1. The van der Waals surface area contributed by atoms with Gasteiger partial charge in [0, 0.05) is 24.4 Å². The summed E-state index contributed by atoms with van der Waals surface area (Å²) in [6.45, 7) is 2.36. The molecule has 0 radical (unpaired) electrons. The van der Waals surface area contributed by atoms with E-state index < -0.39 is 17.7 Å². The minimum absolute atomic E-state index is 0.0754. The summed E-state index contributed by atoms with van der Waals surface area (Å²) >= 11 is 0. The number of anilines is 1. The van der Waals surface area contributed by atoms with Crippen LogP contribution in [0, 0.1) is 0 Å². The average Bonchev–Trinajstić information content (AvgIpc) is 3.10. The number of nitrogens with zero attached hydrogens (tertiary/aromatic N) is 2. The summed E-state index contributed by atoms with van der Waals surface area (Å²) in [4.78, 5) is 32.2. The van der Waals surface area contributed by atoms with Crippen molar-refractivity contribution in [1.29, 1.82) is 0 Å². The lowest BCUT2D eigenvalue weighted by Crippen LogP contribution is -2.31. The molecule has 1 amide bonds. The van der Waals surface area contributed by atoms with Crippen molar-refractivity contribution < 1.29 is 19.4 Å². The van der Waals surface area contributed by atoms with Gasteiger partial charge in [-0.05, 0) is 43.2 Å². The summed E-state index contributed by atoms with van der Waals surface area (Å²) in [6, 6.07) is 21.2. The van der Waals surface area contributed by atoms with Crippen LogP contribution in [0.15, 0.2) is 90.3 Å². The second-order valence-electron chi connectivity index (χ2n) is 7.43. The standard InChI is InChI=1S/C26H24N2O4/c1-2-32-20-12-8-11-19(17-20)28-24(21-13-6-7-16-27-21)23(25(30)26(28)31)22(29)15-14-18-9-4-3-5-10-18/h3-13,16-17,24,30H,2,14-15H2,1H3. The Kier molecular flexibility index (Phi) is 6.31. The van der Waals surface area contributed by atoms with Crippen LogP contribution in [0.1, 0.15) is 30.6 Å². The summed E-state index contributed by atoms with van der Waals surface area (Å²) in [5, 5.41) is 10.8. The highest BCUT2D eigenvalue weighted by Gasteiger charge is 2.44. The van der Waals surface area contributed by atoms with Crippen molar-refractivity contribution in [3.63, 3.8) is 0 Å². The van der Waals surface area contributed by atoms with Gasteiger partial charge in [0.1, 0.15) is 11.8 Å². The van der Waals surface area contributed by atoms with E-state index in [2.05, 4.69) is 4.98 Å². The van der Waals surface area contributed by atoms with Crippen LogP contribution < -0.4 is 9.64 Å². The first-order valence-corrected chi connectivity index (χ1v) is 10.6. The Hall–Kier alpha value is -3.93. The van der Waals surface area contributed by atoms with Crippen LogP contribution in [0.25, 0.3) is 0 Å². The predicted molar refractivity (Wildman–Crippen MR) is 121 cm³/mol. The number of aryl methyl sites for hydroxylation is 1. The third-order valence-corrected chi connectivity index (χ3v) is 5.37. The van der Waals surface area contributed by atoms with Crippen LogP contribution in [-0.4, -0.2) is 28.4 Å². The predicted octanol–water partition coefficient (Wildman–Crippen LogP) is 4.58. The number of carbonyl (C=O) groups excluding carboxylic acids is 2. The van der Waals surface area contributed by atoms with Crippen LogP contribution in [-0.2, 0) is 16.0 Å². The molecule has 0 saturated heterocycles. The second-order valence-corrected chi connectivity index (χ2v) is 7.43. The molecule has 0 spiro atoms. The van der Waals surface area contributed by atoms with E-state index in [0.29, 0.717) is 30.2 Å². The molecule has 0 saturated carbocycles. The fraction of sp³-hybridized carbons (Fsp3) is 0.192. The van der Waals surface area contributed by atoms with Gasteiger partial charge in [-0.1, -0.05) is 42.5 Å². The van der Waals surface area contributed by atoms with Gasteiger partial charge in [0.15, 0.2) is 11.5 Å². The molecule has 2 aromatic carbocycles. The van der Waals surface area contributed by atoms with Crippen LogP contribution >= 0.6 is 0 Å². The Morgan fingerprint density at radius 2 is 1.84 bits per heavy atom. The van der Waals surface area contributed by atoms with E-state index in [1.807, 2.05) is 37.3 Å². The van der Waals surface area contributed by atoms with Crippen molar-refractivity contribution in [1.82, 2.24) is 4.98 Å². The third-order valence-electron chi connectivity index (χ3n) is 5.37. The van der Waals surface area contributed by atoms with Gasteiger partial charge in [0.2, 0.25) is 0 Å². The maximum Gasteiger partial charge on any atom is 0.294 e. The number of hydrogen-bond donors (Lipinski definition) is 1. The highest BCUT2D eigenvalue weighted by atomic mass is 16.5. The zero-order valence-corrected chi connectivity index (χ0v) is 17.8. The van der Waals surface area contributed by atoms with Crippen LogP contribution in [0.2, 0.25) is 0 Å². The number of aliphatic hydroxyl groups excluding tert-OH is 1. The van der Waals surface area contributed by atoms with Gasteiger partial charge < -0.3 is 9.84 Å². The molecule has 1 aliphatic rings. The molecule has 162 valence electrons. The van der Waals surface area contributed by atoms with E-state index in [1.165, 1.54) is 4.90 Å². The monoisotopic (exact) mass is 428 g/mol. The molecule has 0 bridgehead atoms. The van der Waals surface area contributed by atoms with Gasteiger partial charge in [-0.3, -0.25) is 19.5 Å². The number of aliphatic hydroxyl groups is 1. The Balaban J connectivity index is 1.71. The molecule has 6 heteroatoms. The molecule has 3 aromatic rings. The van der Waals surface area contributed by atoms with Crippen LogP contribution in [0.4, 0.5) is 5.69 Å². The largest absolute Gasteiger partial charge is 0.503 e. The number of benzene rings is 2. The van der Waals surface area contributed by atoms with Crippen molar-refractivity contribution in [3.8, 4) is 5.75 Å². The minimum Gasteiger partial charge on any atom is -0.503 e. The smallest absolute Gasteiger partial charge is 0.294 e. The highest BCUT2D eigenvalue weighted by Crippen LogP contribution is 2.41. The molecule has 1 unspecified atom stereocenters. The lowest BCUT2D eigenvalue weighted by atomic mass is 9.95. The van der Waals surface area contributed by atoms with Gasteiger partial charge in [0.05, 0.1) is 17.9 Å². The summed E-state index contributed by atoms with van der Waals surface area (Å²) in [5.74, 6) is -0.836. The number of Topliss-reactive ketones (excluding diaryl/α,β-unsaturated/α-hetero) is 1. The molecule has 0 aliphatic carbocycles. The molecule has 0 fully saturated rings. The number of carbonyl (C=O) groups is 2. The normalized spacial score (nSPS) is 15.8. The van der Waals surface area contributed by atoms with E-state index >= 15 is 0 Å². The van der Waals surface area contributed by atoms with Crippen molar-refractivity contribution in [2.24, 2.45) is 0 Å². The van der Waals surface area contributed by atoms with Crippen LogP contribution in [0.5, 0.6) is 5.75 Å². The quantitative estimate of drug-likeness (QED) is 0.568. The number of ether oxygens (including phenoxy) is 1. The lowest BCUT2D eigenvalue weighted by Gasteiger charge is -2.26. The summed E-state index contributed by atoms with van der Waals surface area (Å²) in [5.41, 5.74) is 2.12. The Labute approximate surface area is 186 Å². The average molecular weight is 428 g/mol. The molecular weight excluding hydrogens is 404 g/mol. The molecule has 1 atom stereocenters. The van der Waals surface area contributed by atoms with E-state index in [4.69, 9.17) is 4.74 Å². The highest BCUT2D eigenvalue weighted by molar-refractivity contribution is 6.16. The second kappa shape index (κ2) is 9.47. The van der Waals surface area contributed by atoms with Gasteiger partial charge in [-0.2, -0.15) is 0 Å². The first-order chi connectivity index (χ1) is 15.6. The number of ketones is 1. The molecule has 32 heavy (non-hydrogen) atoms. The van der Waals surface area contributed by atoms with Crippen LogP contribution in [0.3, 0.4) is 0 Å². The van der Waals surface area contributed by atoms with Crippen molar-refractivity contribution >= 4 is 17.4 Å². The van der Waals surface area contributed by atoms with Gasteiger partial charge >= 0.3 is 0 Å². The molecule has 1 aromatic heterocycles. The number of pyridine rings is 1. The third kappa shape index (κ3) is 4.25. The van der Waals surface area contributed by atoms with Crippen molar-refractivity contribution in [2.75, 3.05) is 11.5 Å². The molecule has 2 heterocycles. The van der Waals surface area contributed by atoms with Gasteiger partial charge in [0.25, 0.3) is 5.91 Å². The molecule has 6 nitrogen and oxygen atoms in total. The molecular formula is C26H24N2O4. The summed E-state index contributed by atoms with van der Waals surface area (Å²) in [7, 11) is 0. The van der Waals surface area contributed by atoms with Crippen molar-refractivity contribution in [2.45, 2.75) is 25.8 Å². The van der Waals surface area contributed by atoms with E-state index in [0.717, 1.165) is 5.56 Å². The summed E-state index contributed by atoms with van der Waals surface area (Å²) < 4.78 is 5.57. The summed E-state index contributed by atoms with van der Waals surface area (Å²) in [6.07, 6.45) is 2.29. The Morgan fingerprint density at radius 1 is 1.06 bits per heavy atom. The number of amides is 1. The van der Waals surface area contributed by atoms with E-state index in [9.17, 15) is 14.7 Å². The topological polar surface area (TPSA) is 79.7 Å². The van der Waals surface area contributed by atoms with E-state index in [1.54, 1.807) is 48.7 Å². The Morgan fingerprint density at radius 3 is 2.56 bits per heavy atom. The molecule has 1 N–H and O–H groups in total. The maximum atomic E-state index is 13.3. The zero-order chi connectivity index (χ0) is 22.5. The first-order valence-electron chi connectivity index (χ1n) is 10.6. The van der Waals surface area contributed by atoms with Crippen molar-refractivity contribution in [3.05, 3.63) is 102 Å².